The Morgan fingerprint density at radius 1 is 1.25 bits per heavy atom. The van der Waals surface area contributed by atoms with Crippen LogP contribution in [0.5, 0.6) is 5.75 Å². The van der Waals surface area contributed by atoms with Gasteiger partial charge >= 0.3 is 0 Å². The zero-order chi connectivity index (χ0) is 19.1. The molecule has 0 spiro atoms. The summed E-state index contributed by atoms with van der Waals surface area (Å²) in [6, 6.07) is 8.61. The minimum Gasteiger partial charge on any atom is -0.497 e. The van der Waals surface area contributed by atoms with Crippen molar-refractivity contribution in [3.05, 3.63) is 29.8 Å². The number of guanidine groups is 1. The van der Waals surface area contributed by atoms with Crippen LogP contribution in [0, 0.1) is 0 Å². The standard InChI is InChI=1S/C22H35N3O2.HI/c1-4-27-19-10-14-25(15-11-19)21(23-2)24-17-22(12-5-6-13-22)18-8-7-9-20(16-18)26-3;/h7-9,16,19H,4-6,10-15,17H2,1-3H3,(H,23,24);1H. The van der Waals surface area contributed by atoms with E-state index < -0.39 is 0 Å². The first kappa shape index (κ1) is 23.3. The van der Waals surface area contributed by atoms with Crippen molar-refractivity contribution in [2.45, 2.75) is 57.0 Å². The SMILES string of the molecule is CCOC1CCN(C(=NC)NCC2(c3cccc(OC)c3)CCCC2)CC1.I. The van der Waals surface area contributed by atoms with Gasteiger partial charge in [-0.2, -0.15) is 0 Å². The Kier molecular flexibility index (Phi) is 9.34. The second-order valence-corrected chi connectivity index (χ2v) is 7.76. The highest BCUT2D eigenvalue weighted by atomic mass is 127. The Hall–Kier alpha value is -1.02. The van der Waals surface area contributed by atoms with Gasteiger partial charge in [0.1, 0.15) is 5.75 Å². The second kappa shape index (κ2) is 11.2. The quantitative estimate of drug-likeness (QED) is 0.361. The van der Waals surface area contributed by atoms with Gasteiger partial charge in [-0.25, -0.2) is 0 Å². The molecule has 1 aromatic carbocycles. The molecule has 0 amide bonds. The molecule has 0 bridgehead atoms. The number of nitrogens with zero attached hydrogens (tertiary/aromatic N) is 2. The molecule has 2 fully saturated rings. The third kappa shape index (κ3) is 5.53. The lowest BCUT2D eigenvalue weighted by Gasteiger charge is -2.36. The number of ether oxygens (including phenoxy) is 2. The van der Waals surface area contributed by atoms with E-state index in [1.165, 1.54) is 31.2 Å². The van der Waals surface area contributed by atoms with Gasteiger partial charge in [0.05, 0.1) is 13.2 Å². The van der Waals surface area contributed by atoms with Gasteiger partial charge < -0.3 is 19.7 Å². The van der Waals surface area contributed by atoms with Gasteiger partial charge in [0.15, 0.2) is 5.96 Å². The van der Waals surface area contributed by atoms with Gasteiger partial charge in [0.2, 0.25) is 0 Å². The fraction of sp³-hybridized carbons (Fsp3) is 0.682. The molecule has 6 heteroatoms. The number of hydrogen-bond acceptors (Lipinski definition) is 3. The van der Waals surface area contributed by atoms with Crippen molar-refractivity contribution in [1.29, 1.82) is 0 Å². The minimum atomic E-state index is 0. The summed E-state index contributed by atoms with van der Waals surface area (Å²) < 4.78 is 11.2. The van der Waals surface area contributed by atoms with Crippen molar-refractivity contribution in [1.82, 2.24) is 10.2 Å². The molecule has 2 aliphatic rings. The van der Waals surface area contributed by atoms with E-state index >= 15 is 0 Å². The average Bonchev–Trinajstić information content (AvgIpc) is 3.20. The summed E-state index contributed by atoms with van der Waals surface area (Å²) in [7, 11) is 3.64. The lowest BCUT2D eigenvalue weighted by atomic mass is 9.78. The van der Waals surface area contributed by atoms with Crippen LogP contribution >= 0.6 is 24.0 Å². The Morgan fingerprint density at radius 3 is 2.57 bits per heavy atom. The van der Waals surface area contributed by atoms with Gasteiger partial charge in [0.25, 0.3) is 0 Å². The lowest BCUT2D eigenvalue weighted by Crippen LogP contribution is -2.50. The first-order chi connectivity index (χ1) is 13.2. The van der Waals surface area contributed by atoms with Gasteiger partial charge in [-0.1, -0.05) is 25.0 Å². The summed E-state index contributed by atoms with van der Waals surface area (Å²) in [5.74, 6) is 1.97. The molecular weight excluding hydrogens is 465 g/mol. The number of benzene rings is 1. The van der Waals surface area contributed by atoms with Crippen LogP contribution in [-0.4, -0.2) is 57.4 Å². The Bertz CT molecular complexity index is 624. The topological polar surface area (TPSA) is 46.1 Å². The van der Waals surface area contributed by atoms with E-state index in [4.69, 9.17) is 9.47 Å². The van der Waals surface area contributed by atoms with E-state index in [1.807, 2.05) is 13.1 Å². The van der Waals surface area contributed by atoms with Gasteiger partial charge in [-0.05, 0) is 50.3 Å². The second-order valence-electron chi connectivity index (χ2n) is 7.76. The molecule has 0 aromatic heterocycles. The fourth-order valence-corrected chi connectivity index (χ4v) is 4.62. The third-order valence-electron chi connectivity index (χ3n) is 6.18. The lowest BCUT2D eigenvalue weighted by molar-refractivity contribution is 0.0263. The maximum atomic E-state index is 5.78. The smallest absolute Gasteiger partial charge is 0.193 e. The molecule has 3 rings (SSSR count). The Morgan fingerprint density at radius 2 is 1.96 bits per heavy atom. The van der Waals surface area contributed by atoms with Crippen LogP contribution < -0.4 is 10.1 Å². The maximum absolute atomic E-state index is 5.78. The molecule has 1 saturated heterocycles. The first-order valence-electron chi connectivity index (χ1n) is 10.4. The number of rotatable bonds is 6. The Balaban J connectivity index is 0.00000280. The molecule has 0 unspecified atom stereocenters. The molecule has 0 atom stereocenters. The minimum absolute atomic E-state index is 0. The number of aliphatic imine (C=N–C) groups is 1. The number of hydrogen-bond donors (Lipinski definition) is 1. The third-order valence-corrected chi connectivity index (χ3v) is 6.18. The van der Waals surface area contributed by atoms with Crippen molar-refractivity contribution < 1.29 is 9.47 Å². The first-order valence-corrected chi connectivity index (χ1v) is 10.4. The normalized spacial score (nSPS) is 20.0. The van der Waals surface area contributed by atoms with Gasteiger partial charge in [0, 0.05) is 38.7 Å². The van der Waals surface area contributed by atoms with Crippen LogP contribution in [0.3, 0.4) is 0 Å². The molecule has 1 aliphatic heterocycles. The predicted octanol–water partition coefficient (Wildman–Crippen LogP) is 4.20. The van der Waals surface area contributed by atoms with E-state index in [2.05, 4.69) is 40.3 Å². The molecule has 5 nitrogen and oxygen atoms in total. The van der Waals surface area contributed by atoms with E-state index in [0.717, 1.165) is 50.8 Å². The van der Waals surface area contributed by atoms with E-state index in [9.17, 15) is 0 Å². The molecule has 1 heterocycles. The zero-order valence-electron chi connectivity index (χ0n) is 17.6. The van der Waals surface area contributed by atoms with Crippen molar-refractivity contribution >= 4 is 29.9 Å². The summed E-state index contributed by atoms with van der Waals surface area (Å²) >= 11 is 0. The van der Waals surface area contributed by atoms with Crippen molar-refractivity contribution in [3.8, 4) is 5.75 Å². The molecule has 0 radical (unpaired) electrons. The summed E-state index contributed by atoms with van der Waals surface area (Å²) in [6.45, 7) is 5.83. The van der Waals surface area contributed by atoms with Gasteiger partial charge in [-0.3, -0.25) is 4.99 Å². The van der Waals surface area contributed by atoms with E-state index in [0.29, 0.717) is 6.10 Å². The monoisotopic (exact) mass is 501 g/mol. The number of halogens is 1. The van der Waals surface area contributed by atoms with Crippen LogP contribution in [0.2, 0.25) is 0 Å². The number of piperidine rings is 1. The van der Waals surface area contributed by atoms with Gasteiger partial charge in [-0.15, -0.1) is 24.0 Å². The molecule has 1 N–H and O–H groups in total. The molecule has 1 aliphatic carbocycles. The number of likely N-dealkylation sites (tertiary alicyclic amines) is 1. The average molecular weight is 501 g/mol. The number of methoxy groups -OCH3 is 1. The fourth-order valence-electron chi connectivity index (χ4n) is 4.62. The largest absolute Gasteiger partial charge is 0.497 e. The predicted molar refractivity (Wildman–Crippen MR) is 126 cm³/mol. The van der Waals surface area contributed by atoms with Crippen LogP contribution in [0.15, 0.2) is 29.3 Å². The van der Waals surface area contributed by atoms with Crippen LogP contribution in [-0.2, 0) is 10.2 Å². The highest BCUT2D eigenvalue weighted by Crippen LogP contribution is 2.41. The summed E-state index contributed by atoms with van der Waals surface area (Å²) in [5.41, 5.74) is 1.56. The molecule has 158 valence electrons. The van der Waals surface area contributed by atoms with Crippen molar-refractivity contribution in [3.63, 3.8) is 0 Å². The number of nitrogens with one attached hydrogen (secondary N) is 1. The summed E-state index contributed by atoms with van der Waals surface area (Å²) in [6.07, 6.45) is 7.58. The van der Waals surface area contributed by atoms with Crippen LogP contribution in [0.25, 0.3) is 0 Å². The van der Waals surface area contributed by atoms with Crippen LogP contribution in [0.1, 0.15) is 51.0 Å². The van der Waals surface area contributed by atoms with E-state index in [-0.39, 0.29) is 29.4 Å². The molecule has 1 aromatic rings. The van der Waals surface area contributed by atoms with Crippen molar-refractivity contribution in [2.24, 2.45) is 4.99 Å². The molecular formula is C22H36IN3O2. The molecule has 1 saturated carbocycles. The highest BCUT2D eigenvalue weighted by Gasteiger charge is 2.36. The highest BCUT2D eigenvalue weighted by molar-refractivity contribution is 14.0. The van der Waals surface area contributed by atoms with Crippen molar-refractivity contribution in [2.75, 3.05) is 40.4 Å². The zero-order valence-corrected chi connectivity index (χ0v) is 19.9. The van der Waals surface area contributed by atoms with Crippen LogP contribution in [0.4, 0.5) is 0 Å². The van der Waals surface area contributed by atoms with E-state index in [1.54, 1.807) is 7.11 Å². The Labute approximate surface area is 187 Å². The molecule has 28 heavy (non-hydrogen) atoms. The maximum Gasteiger partial charge on any atom is 0.193 e. The summed E-state index contributed by atoms with van der Waals surface area (Å²) in [5, 5.41) is 3.70. The summed E-state index contributed by atoms with van der Waals surface area (Å²) in [4.78, 5) is 6.95.